The molecule has 0 unspecified atom stereocenters. The maximum Gasteiger partial charge on any atom is 0.118 e. The molecule has 0 aromatic carbocycles. The number of aliphatic hydroxyl groups is 1. The lowest BCUT2D eigenvalue weighted by atomic mass is 9.97. The highest BCUT2D eigenvalue weighted by atomic mass is 35.5. The van der Waals surface area contributed by atoms with Crippen LogP contribution in [0, 0.1) is 5.92 Å². The third-order valence-electron chi connectivity index (χ3n) is 1.78. The summed E-state index contributed by atoms with van der Waals surface area (Å²) in [7, 11) is 0. The molecule has 2 atom stereocenters. The van der Waals surface area contributed by atoms with E-state index in [1.807, 2.05) is 0 Å². The predicted molar refractivity (Wildman–Crippen MR) is 40.2 cm³/mol. The van der Waals surface area contributed by atoms with Crippen molar-refractivity contribution in [1.82, 2.24) is 5.32 Å². The molecule has 1 aliphatic heterocycles. The predicted octanol–water partition coefficient (Wildman–Crippen LogP) is 0.348. The van der Waals surface area contributed by atoms with Crippen LogP contribution in [0.15, 0.2) is 0 Å². The molecule has 4 heteroatoms. The maximum atomic E-state index is 12.6. The van der Waals surface area contributed by atoms with Crippen molar-refractivity contribution in [3.63, 3.8) is 0 Å². The second-order valence-electron chi connectivity index (χ2n) is 2.45. The molecule has 1 fully saturated rings. The van der Waals surface area contributed by atoms with E-state index in [1.54, 1.807) is 0 Å². The molecule has 0 aliphatic carbocycles. The first-order valence-electron chi connectivity index (χ1n) is 3.30. The van der Waals surface area contributed by atoms with Crippen LogP contribution in [0.4, 0.5) is 4.39 Å². The maximum absolute atomic E-state index is 12.6. The van der Waals surface area contributed by atoms with Crippen molar-refractivity contribution in [3.05, 3.63) is 0 Å². The Morgan fingerprint density at radius 1 is 1.60 bits per heavy atom. The molecule has 0 bridgehead atoms. The van der Waals surface area contributed by atoms with Crippen molar-refractivity contribution in [2.45, 2.75) is 12.6 Å². The summed E-state index contributed by atoms with van der Waals surface area (Å²) in [5, 5.41) is 11.5. The summed E-state index contributed by atoms with van der Waals surface area (Å²) in [6.07, 6.45) is -0.0822. The zero-order valence-corrected chi connectivity index (χ0v) is 6.53. The molecule has 1 heterocycles. The van der Waals surface area contributed by atoms with E-state index in [0.717, 1.165) is 13.0 Å². The molecular formula is C6H13ClFNO. The van der Waals surface area contributed by atoms with Crippen LogP contribution in [-0.2, 0) is 0 Å². The topological polar surface area (TPSA) is 32.3 Å². The quantitative estimate of drug-likeness (QED) is 0.594. The van der Waals surface area contributed by atoms with E-state index in [0.29, 0.717) is 6.54 Å². The number of piperidine rings is 1. The SMILES string of the molecule is Cl.OC[C@@H]1CCNC[C@@H]1F. The van der Waals surface area contributed by atoms with Gasteiger partial charge in [0.2, 0.25) is 0 Å². The minimum Gasteiger partial charge on any atom is -0.396 e. The van der Waals surface area contributed by atoms with Crippen molar-refractivity contribution in [3.8, 4) is 0 Å². The summed E-state index contributed by atoms with van der Waals surface area (Å²) in [4.78, 5) is 0. The van der Waals surface area contributed by atoms with E-state index in [1.165, 1.54) is 0 Å². The van der Waals surface area contributed by atoms with Crippen LogP contribution >= 0.6 is 12.4 Å². The molecule has 1 rings (SSSR count). The van der Waals surface area contributed by atoms with Crippen LogP contribution in [0.3, 0.4) is 0 Å². The minimum absolute atomic E-state index is 0. The number of aliphatic hydroxyl groups excluding tert-OH is 1. The van der Waals surface area contributed by atoms with Crippen molar-refractivity contribution >= 4 is 12.4 Å². The van der Waals surface area contributed by atoms with Gasteiger partial charge >= 0.3 is 0 Å². The highest BCUT2D eigenvalue weighted by Crippen LogP contribution is 2.13. The van der Waals surface area contributed by atoms with Gasteiger partial charge in [-0.25, -0.2) is 4.39 Å². The van der Waals surface area contributed by atoms with Crippen molar-refractivity contribution in [1.29, 1.82) is 0 Å². The van der Waals surface area contributed by atoms with Gasteiger partial charge in [0.1, 0.15) is 6.17 Å². The Morgan fingerprint density at radius 3 is 2.70 bits per heavy atom. The summed E-state index contributed by atoms with van der Waals surface area (Å²) >= 11 is 0. The fraction of sp³-hybridized carbons (Fsp3) is 1.00. The number of halogens is 2. The monoisotopic (exact) mass is 169 g/mol. The summed E-state index contributed by atoms with van der Waals surface area (Å²) in [6, 6.07) is 0. The number of hydrogen-bond donors (Lipinski definition) is 2. The molecular weight excluding hydrogens is 157 g/mol. The van der Waals surface area contributed by atoms with Gasteiger partial charge in [-0.3, -0.25) is 0 Å². The van der Waals surface area contributed by atoms with E-state index < -0.39 is 6.17 Å². The van der Waals surface area contributed by atoms with Gasteiger partial charge in [0.25, 0.3) is 0 Å². The van der Waals surface area contributed by atoms with Crippen LogP contribution in [-0.4, -0.2) is 31.0 Å². The zero-order valence-electron chi connectivity index (χ0n) is 5.72. The largest absolute Gasteiger partial charge is 0.396 e. The van der Waals surface area contributed by atoms with Crippen LogP contribution in [0.1, 0.15) is 6.42 Å². The molecule has 0 aromatic rings. The minimum atomic E-state index is -0.844. The van der Waals surface area contributed by atoms with E-state index in [9.17, 15) is 4.39 Å². The van der Waals surface area contributed by atoms with E-state index in [-0.39, 0.29) is 24.9 Å². The number of rotatable bonds is 1. The molecule has 10 heavy (non-hydrogen) atoms. The van der Waals surface area contributed by atoms with Crippen LogP contribution < -0.4 is 5.32 Å². The molecule has 1 aliphatic rings. The van der Waals surface area contributed by atoms with Gasteiger partial charge in [0, 0.05) is 19.1 Å². The number of hydrogen-bond acceptors (Lipinski definition) is 2. The number of nitrogens with one attached hydrogen (secondary N) is 1. The van der Waals surface area contributed by atoms with Gasteiger partial charge in [-0.15, -0.1) is 12.4 Å². The summed E-state index contributed by atoms with van der Waals surface area (Å²) < 4.78 is 12.6. The Hall–Kier alpha value is 0.140. The van der Waals surface area contributed by atoms with Gasteiger partial charge in [-0.1, -0.05) is 0 Å². The third-order valence-corrected chi connectivity index (χ3v) is 1.78. The Bertz CT molecular complexity index is 93.8. The Morgan fingerprint density at radius 2 is 2.30 bits per heavy atom. The average molecular weight is 170 g/mol. The van der Waals surface area contributed by atoms with E-state index >= 15 is 0 Å². The first kappa shape index (κ1) is 10.1. The third kappa shape index (κ3) is 2.40. The molecule has 1 saturated heterocycles. The van der Waals surface area contributed by atoms with Gasteiger partial charge in [0.15, 0.2) is 0 Å². The molecule has 2 N–H and O–H groups in total. The van der Waals surface area contributed by atoms with Crippen LogP contribution in [0.25, 0.3) is 0 Å². The van der Waals surface area contributed by atoms with Gasteiger partial charge in [-0.2, -0.15) is 0 Å². The summed E-state index contributed by atoms with van der Waals surface area (Å²) in [5.41, 5.74) is 0. The van der Waals surface area contributed by atoms with Crippen molar-refractivity contribution in [2.75, 3.05) is 19.7 Å². The van der Waals surface area contributed by atoms with Crippen molar-refractivity contribution in [2.24, 2.45) is 5.92 Å². The van der Waals surface area contributed by atoms with Crippen molar-refractivity contribution < 1.29 is 9.50 Å². The van der Waals surface area contributed by atoms with E-state index in [4.69, 9.17) is 5.11 Å². The van der Waals surface area contributed by atoms with E-state index in [2.05, 4.69) is 5.32 Å². The lowest BCUT2D eigenvalue weighted by molar-refractivity contribution is 0.111. The van der Waals surface area contributed by atoms with Crippen LogP contribution in [0.5, 0.6) is 0 Å². The Labute approximate surface area is 66.2 Å². The molecule has 0 radical (unpaired) electrons. The molecule has 0 spiro atoms. The summed E-state index contributed by atoms with van der Waals surface area (Å²) in [5.74, 6) is -0.119. The highest BCUT2D eigenvalue weighted by Gasteiger charge is 2.22. The second kappa shape index (κ2) is 4.88. The zero-order chi connectivity index (χ0) is 6.69. The highest BCUT2D eigenvalue weighted by molar-refractivity contribution is 5.85. The van der Waals surface area contributed by atoms with Gasteiger partial charge in [0.05, 0.1) is 0 Å². The Kier molecular flexibility index (Phi) is 4.95. The molecule has 0 saturated carbocycles. The second-order valence-corrected chi connectivity index (χ2v) is 2.45. The molecule has 0 amide bonds. The normalized spacial score (nSPS) is 33.0. The smallest absolute Gasteiger partial charge is 0.118 e. The summed E-state index contributed by atoms with van der Waals surface area (Å²) in [6.45, 7) is 1.24. The molecule has 62 valence electrons. The standard InChI is InChI=1S/C6H12FNO.ClH/c7-6-3-8-2-1-5(6)4-9;/h5-6,8-9H,1-4H2;1H/t5-,6-;/m0./s1. The lowest BCUT2D eigenvalue weighted by Gasteiger charge is -2.24. The van der Waals surface area contributed by atoms with Gasteiger partial charge < -0.3 is 10.4 Å². The lowest BCUT2D eigenvalue weighted by Crippen LogP contribution is -2.39. The molecule has 2 nitrogen and oxygen atoms in total. The average Bonchev–Trinajstić information content (AvgIpc) is 1.89. The fourth-order valence-electron chi connectivity index (χ4n) is 1.08. The first-order chi connectivity index (χ1) is 4.34. The van der Waals surface area contributed by atoms with Crippen LogP contribution in [0.2, 0.25) is 0 Å². The Balaban J connectivity index is 0.000000810. The molecule has 0 aromatic heterocycles. The van der Waals surface area contributed by atoms with Gasteiger partial charge in [-0.05, 0) is 13.0 Å². The first-order valence-corrected chi connectivity index (χ1v) is 3.30. The fourth-order valence-corrected chi connectivity index (χ4v) is 1.08. The number of alkyl halides is 1.